The van der Waals surface area contributed by atoms with Crippen molar-refractivity contribution in [1.82, 2.24) is 0 Å². The van der Waals surface area contributed by atoms with Gasteiger partial charge in [0.25, 0.3) is 0 Å². The monoisotopic (exact) mass is 297 g/mol. The molecule has 0 bridgehead atoms. The molecule has 0 heterocycles. The molecule has 0 aromatic heterocycles. The molecule has 0 spiro atoms. The summed E-state index contributed by atoms with van der Waals surface area (Å²) in [5.74, 6) is 1.24. The van der Waals surface area contributed by atoms with Gasteiger partial charge in [0.1, 0.15) is 0 Å². The lowest BCUT2D eigenvalue weighted by Crippen LogP contribution is -2.11. The van der Waals surface area contributed by atoms with E-state index in [1.807, 2.05) is 0 Å². The maximum Gasteiger partial charge on any atom is 0.0253 e. The predicted octanol–water partition coefficient (Wildman–Crippen LogP) is 6.39. The molecule has 1 nitrogen and oxygen atoms in total. The van der Waals surface area contributed by atoms with Crippen molar-refractivity contribution in [3.8, 4) is 0 Å². The lowest BCUT2D eigenvalue weighted by molar-refractivity contribution is 0.677. The zero-order valence-corrected chi connectivity index (χ0v) is 14.9. The summed E-state index contributed by atoms with van der Waals surface area (Å²) in [6.45, 7) is 11.4. The summed E-state index contributed by atoms with van der Waals surface area (Å²) in [5.41, 5.74) is 8.71. The van der Waals surface area contributed by atoms with Crippen LogP contribution in [0, 0.1) is 17.2 Å². The van der Waals surface area contributed by atoms with Crippen LogP contribution in [-0.2, 0) is 0 Å². The Hall–Kier alpha value is -1.37. The van der Waals surface area contributed by atoms with E-state index >= 15 is 0 Å². The van der Waals surface area contributed by atoms with Gasteiger partial charge >= 0.3 is 0 Å². The van der Waals surface area contributed by atoms with Crippen LogP contribution in [-0.4, -0.2) is 6.21 Å². The molecule has 0 saturated carbocycles. The SMILES string of the molecule is CCC1=C(C2=C(C=N)C=C(C(C)C)CC2)CCC(C(C)C)=C1. The van der Waals surface area contributed by atoms with Gasteiger partial charge in [0.2, 0.25) is 0 Å². The fraction of sp³-hybridized carbons (Fsp3) is 0.571. The molecule has 0 fully saturated rings. The normalized spacial score (nSPS) is 19.8. The quantitative estimate of drug-likeness (QED) is 0.568. The topological polar surface area (TPSA) is 23.9 Å². The second kappa shape index (κ2) is 7.26. The number of hydrogen-bond donors (Lipinski definition) is 1. The van der Waals surface area contributed by atoms with E-state index in [-0.39, 0.29) is 0 Å². The highest BCUT2D eigenvalue weighted by molar-refractivity contribution is 5.83. The summed E-state index contributed by atoms with van der Waals surface area (Å²) >= 11 is 0. The van der Waals surface area contributed by atoms with Crippen LogP contribution in [0.15, 0.2) is 45.6 Å². The minimum Gasteiger partial charge on any atom is -0.308 e. The first-order valence-electron chi connectivity index (χ1n) is 8.84. The Bertz CT molecular complexity index is 565. The molecule has 1 N–H and O–H groups in total. The Kier molecular flexibility index (Phi) is 5.61. The van der Waals surface area contributed by atoms with Crippen LogP contribution in [0.1, 0.15) is 66.7 Å². The summed E-state index contributed by atoms with van der Waals surface area (Å²) in [6, 6.07) is 0. The number of nitrogens with one attached hydrogen (secondary N) is 1. The van der Waals surface area contributed by atoms with Gasteiger partial charge in [-0.1, -0.05) is 57.9 Å². The molecule has 0 atom stereocenters. The van der Waals surface area contributed by atoms with Gasteiger partial charge in [-0.3, -0.25) is 0 Å². The van der Waals surface area contributed by atoms with E-state index in [9.17, 15) is 0 Å². The third kappa shape index (κ3) is 3.51. The Balaban J connectivity index is 2.47. The van der Waals surface area contributed by atoms with E-state index in [1.165, 1.54) is 28.7 Å². The van der Waals surface area contributed by atoms with Crippen molar-refractivity contribution in [1.29, 1.82) is 5.41 Å². The average molecular weight is 297 g/mol. The molecule has 22 heavy (non-hydrogen) atoms. The second-order valence-electron chi connectivity index (χ2n) is 7.18. The van der Waals surface area contributed by atoms with E-state index in [0.717, 1.165) is 31.3 Å². The zero-order valence-electron chi connectivity index (χ0n) is 14.9. The van der Waals surface area contributed by atoms with Crippen LogP contribution >= 0.6 is 0 Å². The van der Waals surface area contributed by atoms with E-state index < -0.39 is 0 Å². The molecule has 0 radical (unpaired) electrons. The molecule has 0 amide bonds. The van der Waals surface area contributed by atoms with Crippen molar-refractivity contribution < 1.29 is 0 Å². The van der Waals surface area contributed by atoms with Crippen LogP contribution in [0.3, 0.4) is 0 Å². The van der Waals surface area contributed by atoms with Gasteiger partial charge in [-0.15, -0.1) is 0 Å². The molecule has 0 aromatic rings. The smallest absolute Gasteiger partial charge is 0.0253 e. The molecule has 0 aromatic carbocycles. The third-order valence-electron chi connectivity index (χ3n) is 5.15. The molecule has 0 unspecified atom stereocenters. The van der Waals surface area contributed by atoms with Crippen LogP contribution < -0.4 is 0 Å². The summed E-state index contributed by atoms with van der Waals surface area (Å²) in [5, 5.41) is 7.84. The Labute approximate surface area is 136 Å². The van der Waals surface area contributed by atoms with Crippen molar-refractivity contribution in [3.63, 3.8) is 0 Å². The zero-order chi connectivity index (χ0) is 16.3. The number of hydrogen-bond acceptors (Lipinski definition) is 1. The lowest BCUT2D eigenvalue weighted by Gasteiger charge is -2.27. The molecule has 2 rings (SSSR count). The fourth-order valence-corrected chi connectivity index (χ4v) is 3.61. The van der Waals surface area contributed by atoms with Gasteiger partial charge < -0.3 is 5.41 Å². The van der Waals surface area contributed by atoms with E-state index in [0.29, 0.717) is 11.8 Å². The maximum absolute atomic E-state index is 7.84. The highest BCUT2D eigenvalue weighted by Crippen LogP contribution is 2.39. The van der Waals surface area contributed by atoms with Gasteiger partial charge in [-0.05, 0) is 66.2 Å². The molecular weight excluding hydrogens is 266 g/mol. The Morgan fingerprint density at radius 2 is 1.45 bits per heavy atom. The first-order valence-corrected chi connectivity index (χ1v) is 8.84. The van der Waals surface area contributed by atoms with Gasteiger partial charge in [-0.25, -0.2) is 0 Å². The molecular formula is C21H31N. The van der Waals surface area contributed by atoms with E-state index in [4.69, 9.17) is 5.41 Å². The summed E-state index contributed by atoms with van der Waals surface area (Å²) in [6.07, 6.45) is 12.0. The molecule has 0 aliphatic heterocycles. The minimum absolute atomic E-state index is 0.593. The summed E-state index contributed by atoms with van der Waals surface area (Å²) in [4.78, 5) is 0. The van der Waals surface area contributed by atoms with Crippen molar-refractivity contribution in [2.24, 2.45) is 11.8 Å². The average Bonchev–Trinajstić information content (AvgIpc) is 2.53. The molecule has 2 aliphatic rings. The first kappa shape index (κ1) is 17.0. The Morgan fingerprint density at radius 1 is 0.909 bits per heavy atom. The highest BCUT2D eigenvalue weighted by atomic mass is 14.4. The maximum atomic E-state index is 7.84. The minimum atomic E-state index is 0.593. The first-order chi connectivity index (χ1) is 10.5. The largest absolute Gasteiger partial charge is 0.308 e. The van der Waals surface area contributed by atoms with Crippen LogP contribution in [0.4, 0.5) is 0 Å². The van der Waals surface area contributed by atoms with Gasteiger partial charge in [0, 0.05) is 6.21 Å². The van der Waals surface area contributed by atoms with Crippen molar-refractivity contribution in [2.75, 3.05) is 0 Å². The lowest BCUT2D eigenvalue weighted by atomic mass is 9.78. The molecule has 0 saturated heterocycles. The molecule has 1 heteroatoms. The number of allylic oxidation sites excluding steroid dienone is 8. The van der Waals surface area contributed by atoms with Gasteiger partial charge in [-0.2, -0.15) is 0 Å². The van der Waals surface area contributed by atoms with Gasteiger partial charge in [0.15, 0.2) is 0 Å². The highest BCUT2D eigenvalue weighted by Gasteiger charge is 2.22. The predicted molar refractivity (Wildman–Crippen MR) is 97.4 cm³/mol. The van der Waals surface area contributed by atoms with Crippen molar-refractivity contribution in [2.45, 2.75) is 66.7 Å². The van der Waals surface area contributed by atoms with E-state index in [1.54, 1.807) is 11.8 Å². The number of rotatable bonds is 5. The molecule has 2 aliphatic carbocycles. The fourth-order valence-electron chi connectivity index (χ4n) is 3.61. The standard InChI is InChI=1S/C21H31N/c1-6-16-11-17(14(2)3)7-9-20(16)21-10-8-18(15(4)5)12-19(21)13-22/h11-15,22H,6-10H2,1-5H3. The van der Waals surface area contributed by atoms with E-state index in [2.05, 4.69) is 46.8 Å². The van der Waals surface area contributed by atoms with Crippen LogP contribution in [0.2, 0.25) is 0 Å². The van der Waals surface area contributed by atoms with Crippen LogP contribution in [0.5, 0.6) is 0 Å². The summed E-state index contributed by atoms with van der Waals surface area (Å²) in [7, 11) is 0. The second-order valence-corrected chi connectivity index (χ2v) is 7.18. The molecule has 120 valence electrons. The van der Waals surface area contributed by atoms with Gasteiger partial charge in [0.05, 0.1) is 0 Å². The van der Waals surface area contributed by atoms with Crippen molar-refractivity contribution >= 4 is 6.21 Å². The van der Waals surface area contributed by atoms with Crippen LogP contribution in [0.25, 0.3) is 0 Å². The summed E-state index contributed by atoms with van der Waals surface area (Å²) < 4.78 is 0. The van der Waals surface area contributed by atoms with Crippen molar-refractivity contribution in [3.05, 3.63) is 45.6 Å². The third-order valence-corrected chi connectivity index (χ3v) is 5.15. The Morgan fingerprint density at radius 3 is 1.95 bits per heavy atom.